The van der Waals surface area contributed by atoms with Gasteiger partial charge in [-0.2, -0.15) is 0 Å². The Morgan fingerprint density at radius 1 is 1.12 bits per heavy atom. The first-order chi connectivity index (χ1) is 11.9. The third-order valence-electron chi connectivity index (χ3n) is 5.10. The van der Waals surface area contributed by atoms with Gasteiger partial charge in [0.15, 0.2) is 21.3 Å². The lowest BCUT2D eigenvalue weighted by atomic mass is 10.1. The Morgan fingerprint density at radius 3 is 2.48 bits per heavy atom. The van der Waals surface area contributed by atoms with Gasteiger partial charge in [0.2, 0.25) is 6.79 Å². The van der Waals surface area contributed by atoms with Crippen molar-refractivity contribution in [2.75, 3.05) is 13.3 Å². The van der Waals surface area contributed by atoms with Gasteiger partial charge >= 0.3 is 0 Å². The van der Waals surface area contributed by atoms with Crippen molar-refractivity contribution in [3.8, 4) is 11.5 Å². The van der Waals surface area contributed by atoms with Gasteiger partial charge in [0.1, 0.15) is 0 Å². The van der Waals surface area contributed by atoms with Crippen LogP contribution < -0.4 is 20.9 Å². The molecule has 0 saturated heterocycles. The van der Waals surface area contributed by atoms with E-state index in [2.05, 4.69) is 0 Å². The molecule has 7 heteroatoms. The van der Waals surface area contributed by atoms with Crippen LogP contribution in [0.15, 0.2) is 47.4 Å². The molecule has 0 radical (unpaired) electrons. The van der Waals surface area contributed by atoms with Crippen LogP contribution in [0.1, 0.15) is 17.0 Å². The number of rotatable bonds is 4. The molecule has 132 valence electrons. The fourth-order valence-electron chi connectivity index (χ4n) is 3.60. The van der Waals surface area contributed by atoms with Crippen molar-refractivity contribution >= 4 is 9.84 Å². The van der Waals surface area contributed by atoms with Crippen LogP contribution in [0.4, 0.5) is 0 Å². The SMILES string of the molecule is Cc1ccc(S(=O)(=O)[C@@H]2[C@@H](c3ccc4c(c3)OCO4)[C@]2(N)CN)cc1. The second-order valence-corrected chi connectivity index (χ2v) is 8.75. The van der Waals surface area contributed by atoms with E-state index in [9.17, 15) is 8.42 Å². The van der Waals surface area contributed by atoms with Crippen LogP contribution in [0, 0.1) is 6.92 Å². The molecular weight excluding hydrogens is 340 g/mol. The lowest BCUT2D eigenvalue weighted by molar-refractivity contribution is 0.174. The van der Waals surface area contributed by atoms with Crippen molar-refractivity contribution < 1.29 is 17.9 Å². The van der Waals surface area contributed by atoms with Gasteiger partial charge in [0, 0.05) is 12.5 Å². The largest absolute Gasteiger partial charge is 0.454 e. The van der Waals surface area contributed by atoms with Gasteiger partial charge in [-0.1, -0.05) is 23.8 Å². The summed E-state index contributed by atoms with van der Waals surface area (Å²) in [6, 6.07) is 12.2. The van der Waals surface area contributed by atoms with Crippen LogP contribution in [0.3, 0.4) is 0 Å². The molecule has 0 aromatic heterocycles. The van der Waals surface area contributed by atoms with Crippen molar-refractivity contribution in [2.45, 2.75) is 28.5 Å². The molecule has 2 aromatic carbocycles. The third-order valence-corrected chi connectivity index (χ3v) is 7.40. The monoisotopic (exact) mass is 360 g/mol. The van der Waals surface area contributed by atoms with E-state index in [1.54, 1.807) is 36.4 Å². The lowest BCUT2D eigenvalue weighted by Gasteiger charge is -2.09. The predicted molar refractivity (Wildman–Crippen MR) is 93.4 cm³/mol. The van der Waals surface area contributed by atoms with Gasteiger partial charge in [-0.25, -0.2) is 8.42 Å². The molecule has 2 aromatic rings. The van der Waals surface area contributed by atoms with Gasteiger partial charge in [-0.05, 0) is 36.8 Å². The molecule has 0 amide bonds. The van der Waals surface area contributed by atoms with Crippen molar-refractivity contribution in [3.63, 3.8) is 0 Å². The Labute approximate surface area is 146 Å². The zero-order valence-corrected chi connectivity index (χ0v) is 14.6. The average molecular weight is 360 g/mol. The molecule has 1 fully saturated rings. The second kappa shape index (κ2) is 5.45. The number of hydrogen-bond acceptors (Lipinski definition) is 6. The van der Waals surface area contributed by atoms with Crippen molar-refractivity contribution in [3.05, 3.63) is 53.6 Å². The minimum absolute atomic E-state index is 0.0852. The van der Waals surface area contributed by atoms with E-state index in [0.717, 1.165) is 11.1 Å². The minimum Gasteiger partial charge on any atom is -0.454 e. The molecule has 1 aliphatic heterocycles. The highest BCUT2D eigenvalue weighted by Gasteiger charge is 2.68. The molecule has 25 heavy (non-hydrogen) atoms. The normalized spacial score (nSPS) is 27.3. The van der Waals surface area contributed by atoms with Gasteiger partial charge in [-0.15, -0.1) is 0 Å². The topological polar surface area (TPSA) is 105 Å². The van der Waals surface area contributed by atoms with Crippen LogP contribution in [0.25, 0.3) is 0 Å². The fraction of sp³-hybridized carbons (Fsp3) is 0.333. The molecule has 6 nitrogen and oxygen atoms in total. The van der Waals surface area contributed by atoms with Crippen LogP contribution in [-0.4, -0.2) is 32.5 Å². The average Bonchev–Trinajstić information content (AvgIpc) is 2.99. The summed E-state index contributed by atoms with van der Waals surface area (Å²) >= 11 is 0. The smallest absolute Gasteiger partial charge is 0.231 e. The highest BCUT2D eigenvalue weighted by molar-refractivity contribution is 7.92. The number of sulfone groups is 1. The number of hydrogen-bond donors (Lipinski definition) is 2. The van der Waals surface area contributed by atoms with Crippen LogP contribution >= 0.6 is 0 Å². The highest BCUT2D eigenvalue weighted by Crippen LogP contribution is 2.56. The molecule has 4 N–H and O–H groups in total. The summed E-state index contributed by atoms with van der Waals surface area (Å²) in [5, 5.41) is -0.756. The number of ether oxygens (including phenoxy) is 2. The first kappa shape index (κ1) is 16.4. The quantitative estimate of drug-likeness (QED) is 0.852. The number of benzene rings is 2. The summed E-state index contributed by atoms with van der Waals surface area (Å²) in [7, 11) is -3.59. The Balaban J connectivity index is 1.73. The van der Waals surface area contributed by atoms with E-state index in [-0.39, 0.29) is 24.2 Å². The molecule has 4 rings (SSSR count). The van der Waals surface area contributed by atoms with Crippen LogP contribution in [0.5, 0.6) is 11.5 Å². The molecule has 0 unspecified atom stereocenters. The highest BCUT2D eigenvalue weighted by atomic mass is 32.2. The summed E-state index contributed by atoms with van der Waals surface area (Å²) in [4.78, 5) is 0.273. The second-order valence-electron chi connectivity index (χ2n) is 6.69. The Bertz CT molecular complexity index is 927. The molecule has 0 bridgehead atoms. The van der Waals surface area contributed by atoms with E-state index in [0.29, 0.717) is 11.5 Å². The molecule has 1 aliphatic carbocycles. The molecule has 3 atom stereocenters. The summed E-state index contributed by atoms with van der Waals surface area (Å²) < 4.78 is 36.9. The van der Waals surface area contributed by atoms with E-state index in [4.69, 9.17) is 20.9 Å². The first-order valence-electron chi connectivity index (χ1n) is 8.07. The maximum atomic E-state index is 13.1. The Kier molecular flexibility index (Phi) is 3.57. The molecule has 1 heterocycles. The van der Waals surface area contributed by atoms with Crippen LogP contribution in [0.2, 0.25) is 0 Å². The summed E-state index contributed by atoms with van der Waals surface area (Å²) in [6.07, 6.45) is 0. The van der Waals surface area contributed by atoms with E-state index in [1.807, 2.05) is 13.0 Å². The van der Waals surface area contributed by atoms with Gasteiger partial charge in [0.05, 0.1) is 15.7 Å². The molecule has 1 saturated carbocycles. The standard InChI is InChI=1S/C18H20N2O4S/c1-11-2-5-13(6-3-11)25(21,22)17-16(18(17,20)9-19)12-4-7-14-15(8-12)24-10-23-14/h2-8,16-17H,9-10,19-20H2,1H3/t16-,17-,18-/m1/s1. The van der Waals surface area contributed by atoms with E-state index in [1.165, 1.54) is 0 Å². The van der Waals surface area contributed by atoms with E-state index < -0.39 is 20.6 Å². The van der Waals surface area contributed by atoms with E-state index >= 15 is 0 Å². The molecular formula is C18H20N2O4S. The summed E-state index contributed by atoms with van der Waals surface area (Å²) in [5.41, 5.74) is 13.1. The number of aryl methyl sites for hydroxylation is 1. The van der Waals surface area contributed by atoms with Crippen molar-refractivity contribution in [1.82, 2.24) is 0 Å². The van der Waals surface area contributed by atoms with Crippen LogP contribution in [-0.2, 0) is 9.84 Å². The van der Waals surface area contributed by atoms with Crippen molar-refractivity contribution in [2.24, 2.45) is 11.5 Å². The van der Waals surface area contributed by atoms with Gasteiger partial charge in [-0.3, -0.25) is 0 Å². The van der Waals surface area contributed by atoms with Gasteiger partial charge in [0.25, 0.3) is 0 Å². The summed E-state index contributed by atoms with van der Waals surface area (Å²) in [6.45, 7) is 2.16. The minimum atomic E-state index is -3.59. The maximum absolute atomic E-state index is 13.1. The lowest BCUT2D eigenvalue weighted by Crippen LogP contribution is -2.39. The molecule has 2 aliphatic rings. The zero-order valence-electron chi connectivity index (χ0n) is 13.8. The zero-order chi connectivity index (χ0) is 17.8. The molecule has 0 spiro atoms. The third kappa shape index (κ3) is 2.42. The maximum Gasteiger partial charge on any atom is 0.231 e. The predicted octanol–water partition coefficient (Wildman–Crippen LogP) is 1.32. The summed E-state index contributed by atoms with van der Waals surface area (Å²) in [5.74, 6) is 0.881. The Hall–Kier alpha value is -2.09. The first-order valence-corrected chi connectivity index (χ1v) is 9.61. The Morgan fingerprint density at radius 2 is 1.80 bits per heavy atom. The van der Waals surface area contributed by atoms with Gasteiger partial charge < -0.3 is 20.9 Å². The number of nitrogens with two attached hydrogens (primary N) is 2. The van der Waals surface area contributed by atoms with Crippen molar-refractivity contribution in [1.29, 1.82) is 0 Å². The fourth-order valence-corrected chi connectivity index (χ4v) is 5.92. The number of fused-ring (bicyclic) bond motifs is 1.